The highest BCUT2D eigenvalue weighted by atomic mass is 16.6. The lowest BCUT2D eigenvalue weighted by atomic mass is 9.91. The maximum absolute atomic E-state index is 11.4. The first-order valence-electron chi connectivity index (χ1n) is 5.22. The SMILES string of the molecule is CCC(C(C)=O)c1ccc([N+](=O)[O-])c(C)c1. The van der Waals surface area contributed by atoms with Crippen molar-refractivity contribution in [2.24, 2.45) is 0 Å². The van der Waals surface area contributed by atoms with Gasteiger partial charge in [-0.2, -0.15) is 0 Å². The number of Topliss-reactive ketones (excluding diaryl/α,β-unsaturated/α-hetero) is 1. The molecule has 0 saturated carbocycles. The van der Waals surface area contributed by atoms with Gasteiger partial charge < -0.3 is 0 Å². The van der Waals surface area contributed by atoms with Crippen LogP contribution in [0.1, 0.15) is 37.3 Å². The average Bonchev–Trinajstić information content (AvgIpc) is 2.17. The number of ketones is 1. The highest BCUT2D eigenvalue weighted by Crippen LogP contribution is 2.26. The molecule has 16 heavy (non-hydrogen) atoms. The molecule has 0 bridgehead atoms. The lowest BCUT2D eigenvalue weighted by molar-refractivity contribution is -0.385. The standard InChI is InChI=1S/C12H15NO3/c1-4-11(9(3)14)10-5-6-12(13(15)16)8(2)7-10/h5-7,11H,4H2,1-3H3. The number of carbonyl (C=O) groups excluding carboxylic acids is 1. The zero-order chi connectivity index (χ0) is 12.3. The minimum absolute atomic E-state index is 0.0933. The first kappa shape index (κ1) is 12.4. The summed E-state index contributed by atoms with van der Waals surface area (Å²) in [6.07, 6.45) is 0.715. The molecule has 4 nitrogen and oxygen atoms in total. The van der Waals surface area contributed by atoms with Crippen LogP contribution in [0.5, 0.6) is 0 Å². The van der Waals surface area contributed by atoms with Crippen LogP contribution in [0, 0.1) is 17.0 Å². The second kappa shape index (κ2) is 4.88. The molecule has 0 radical (unpaired) electrons. The van der Waals surface area contributed by atoms with E-state index >= 15 is 0 Å². The van der Waals surface area contributed by atoms with Crippen molar-refractivity contribution in [3.05, 3.63) is 39.4 Å². The number of hydrogen-bond donors (Lipinski definition) is 0. The fourth-order valence-electron chi connectivity index (χ4n) is 1.86. The van der Waals surface area contributed by atoms with E-state index in [2.05, 4.69) is 0 Å². The molecule has 1 aromatic carbocycles. The van der Waals surface area contributed by atoms with Gasteiger partial charge in [-0.25, -0.2) is 0 Å². The summed E-state index contributed by atoms with van der Waals surface area (Å²) in [7, 11) is 0. The van der Waals surface area contributed by atoms with Crippen LogP contribution in [0.2, 0.25) is 0 Å². The maximum Gasteiger partial charge on any atom is 0.272 e. The summed E-state index contributed by atoms with van der Waals surface area (Å²) < 4.78 is 0. The summed E-state index contributed by atoms with van der Waals surface area (Å²) in [6, 6.07) is 4.87. The first-order chi connectivity index (χ1) is 7.47. The van der Waals surface area contributed by atoms with Gasteiger partial charge in [0, 0.05) is 17.5 Å². The van der Waals surface area contributed by atoms with Crippen molar-refractivity contribution in [2.45, 2.75) is 33.1 Å². The van der Waals surface area contributed by atoms with Gasteiger partial charge in [-0.05, 0) is 31.9 Å². The molecule has 0 N–H and O–H groups in total. The Morgan fingerprint density at radius 3 is 2.50 bits per heavy atom. The predicted molar refractivity (Wildman–Crippen MR) is 61.5 cm³/mol. The smallest absolute Gasteiger partial charge is 0.272 e. The minimum atomic E-state index is -0.409. The highest BCUT2D eigenvalue weighted by Gasteiger charge is 2.17. The number of aryl methyl sites for hydroxylation is 1. The first-order valence-corrected chi connectivity index (χ1v) is 5.22. The average molecular weight is 221 g/mol. The van der Waals surface area contributed by atoms with Gasteiger partial charge in [-0.1, -0.05) is 13.0 Å². The van der Waals surface area contributed by atoms with E-state index in [4.69, 9.17) is 0 Å². The molecule has 1 rings (SSSR count). The number of rotatable bonds is 4. The molecule has 0 aromatic heterocycles. The molecule has 0 aliphatic heterocycles. The number of nitro groups is 1. The van der Waals surface area contributed by atoms with Crippen molar-refractivity contribution < 1.29 is 9.72 Å². The van der Waals surface area contributed by atoms with Gasteiger partial charge in [0.2, 0.25) is 0 Å². The van der Waals surface area contributed by atoms with E-state index in [1.165, 1.54) is 6.07 Å². The van der Waals surface area contributed by atoms with Crippen LogP contribution in [-0.2, 0) is 4.79 Å². The van der Waals surface area contributed by atoms with Gasteiger partial charge in [0.15, 0.2) is 0 Å². The molecule has 1 unspecified atom stereocenters. The number of nitro benzene ring substituents is 1. The van der Waals surface area contributed by atoms with Gasteiger partial charge in [-0.3, -0.25) is 14.9 Å². The van der Waals surface area contributed by atoms with Gasteiger partial charge in [-0.15, -0.1) is 0 Å². The molecule has 0 aliphatic carbocycles. The largest absolute Gasteiger partial charge is 0.299 e. The summed E-state index contributed by atoms with van der Waals surface area (Å²) >= 11 is 0. The molecule has 1 atom stereocenters. The van der Waals surface area contributed by atoms with Crippen LogP contribution < -0.4 is 0 Å². The zero-order valence-corrected chi connectivity index (χ0v) is 9.69. The van der Waals surface area contributed by atoms with Gasteiger partial charge in [0.05, 0.1) is 4.92 Å². The van der Waals surface area contributed by atoms with Crippen molar-refractivity contribution in [3.63, 3.8) is 0 Å². The van der Waals surface area contributed by atoms with E-state index in [9.17, 15) is 14.9 Å². The number of benzene rings is 1. The summed E-state index contributed by atoms with van der Waals surface area (Å²) in [5, 5.41) is 10.6. The van der Waals surface area contributed by atoms with E-state index in [1.807, 2.05) is 6.92 Å². The predicted octanol–water partition coefficient (Wildman–Crippen LogP) is 2.99. The lowest BCUT2D eigenvalue weighted by Gasteiger charge is -2.12. The van der Waals surface area contributed by atoms with Crippen molar-refractivity contribution in [1.82, 2.24) is 0 Å². The molecular weight excluding hydrogens is 206 g/mol. The quantitative estimate of drug-likeness (QED) is 0.580. The highest BCUT2D eigenvalue weighted by molar-refractivity contribution is 5.83. The molecule has 1 aromatic rings. The maximum atomic E-state index is 11.4. The Morgan fingerprint density at radius 1 is 1.50 bits per heavy atom. The fraction of sp³-hybridized carbons (Fsp3) is 0.417. The number of carbonyl (C=O) groups is 1. The van der Waals surface area contributed by atoms with E-state index in [1.54, 1.807) is 26.0 Å². The van der Waals surface area contributed by atoms with Crippen LogP contribution in [0.4, 0.5) is 5.69 Å². The summed E-state index contributed by atoms with van der Waals surface area (Å²) in [4.78, 5) is 21.6. The van der Waals surface area contributed by atoms with Crippen LogP contribution in [0.3, 0.4) is 0 Å². The van der Waals surface area contributed by atoms with E-state index in [-0.39, 0.29) is 17.4 Å². The van der Waals surface area contributed by atoms with Crippen molar-refractivity contribution >= 4 is 11.5 Å². The third-order valence-electron chi connectivity index (χ3n) is 2.72. The lowest BCUT2D eigenvalue weighted by Crippen LogP contribution is -2.08. The summed E-state index contributed by atoms with van der Waals surface area (Å²) in [5.74, 6) is -0.0599. The summed E-state index contributed by atoms with van der Waals surface area (Å²) in [6.45, 7) is 5.17. The second-order valence-corrected chi connectivity index (χ2v) is 3.87. The van der Waals surface area contributed by atoms with E-state index < -0.39 is 4.92 Å². The van der Waals surface area contributed by atoms with Gasteiger partial charge in [0.1, 0.15) is 5.78 Å². The Labute approximate surface area is 94.4 Å². The Hall–Kier alpha value is -1.71. The zero-order valence-electron chi connectivity index (χ0n) is 9.69. The van der Waals surface area contributed by atoms with E-state index in [0.29, 0.717) is 12.0 Å². The van der Waals surface area contributed by atoms with Crippen LogP contribution >= 0.6 is 0 Å². The molecule has 86 valence electrons. The van der Waals surface area contributed by atoms with Crippen LogP contribution in [-0.4, -0.2) is 10.7 Å². The minimum Gasteiger partial charge on any atom is -0.299 e. The second-order valence-electron chi connectivity index (χ2n) is 3.87. The van der Waals surface area contributed by atoms with Crippen molar-refractivity contribution in [2.75, 3.05) is 0 Å². The Morgan fingerprint density at radius 2 is 2.12 bits per heavy atom. The monoisotopic (exact) mass is 221 g/mol. The molecular formula is C12H15NO3. The van der Waals surface area contributed by atoms with Crippen LogP contribution in [0.15, 0.2) is 18.2 Å². The molecule has 0 heterocycles. The molecule has 0 amide bonds. The fourth-order valence-corrected chi connectivity index (χ4v) is 1.86. The van der Waals surface area contributed by atoms with Crippen LogP contribution in [0.25, 0.3) is 0 Å². The topological polar surface area (TPSA) is 60.2 Å². The molecule has 4 heteroatoms. The third kappa shape index (κ3) is 2.45. The van der Waals surface area contributed by atoms with Crippen molar-refractivity contribution in [3.8, 4) is 0 Å². The van der Waals surface area contributed by atoms with Gasteiger partial charge >= 0.3 is 0 Å². The number of nitrogens with zero attached hydrogens (tertiary/aromatic N) is 1. The van der Waals surface area contributed by atoms with E-state index in [0.717, 1.165) is 5.56 Å². The number of hydrogen-bond acceptors (Lipinski definition) is 3. The third-order valence-corrected chi connectivity index (χ3v) is 2.72. The molecule has 0 fully saturated rings. The van der Waals surface area contributed by atoms with Gasteiger partial charge in [0.25, 0.3) is 5.69 Å². The Kier molecular flexibility index (Phi) is 3.77. The Bertz CT molecular complexity index is 426. The summed E-state index contributed by atoms with van der Waals surface area (Å²) in [5.41, 5.74) is 1.56. The normalized spacial score (nSPS) is 12.2. The molecule has 0 spiro atoms. The van der Waals surface area contributed by atoms with Crippen molar-refractivity contribution in [1.29, 1.82) is 0 Å². The molecule has 0 saturated heterocycles. The molecule has 0 aliphatic rings. The Balaban J connectivity index is 3.14.